The Kier molecular flexibility index (Phi) is 6.91. The van der Waals surface area contributed by atoms with Crippen LogP contribution in [0.1, 0.15) is 11.1 Å². The van der Waals surface area contributed by atoms with Crippen LogP contribution in [0.5, 0.6) is 0 Å². The maximum absolute atomic E-state index is 13.3. The Labute approximate surface area is 190 Å². The molecule has 0 bridgehead atoms. The summed E-state index contributed by atoms with van der Waals surface area (Å²) in [5, 5.41) is 1.93. The quantitative estimate of drug-likeness (QED) is 0.525. The summed E-state index contributed by atoms with van der Waals surface area (Å²) in [4.78, 5) is 22.2. The number of benzene rings is 2. The molecule has 4 rings (SSSR count). The fourth-order valence-corrected chi connectivity index (χ4v) is 5.06. The predicted octanol–water partition coefficient (Wildman–Crippen LogP) is 4.82. The van der Waals surface area contributed by atoms with Gasteiger partial charge in [-0.1, -0.05) is 58.8 Å². The maximum atomic E-state index is 13.3. The lowest BCUT2D eigenvalue weighted by Crippen LogP contribution is -2.43. The highest BCUT2D eigenvalue weighted by atomic mass is 35.5. The van der Waals surface area contributed by atoms with Crippen molar-refractivity contribution in [2.75, 3.05) is 44.3 Å². The van der Waals surface area contributed by atoms with Gasteiger partial charge in [0.25, 0.3) is 0 Å². The second kappa shape index (κ2) is 9.62. The van der Waals surface area contributed by atoms with Crippen molar-refractivity contribution in [3.63, 3.8) is 0 Å². The van der Waals surface area contributed by atoms with E-state index in [0.29, 0.717) is 21.7 Å². The highest BCUT2D eigenvalue weighted by Gasteiger charge is 2.23. The Bertz CT molecular complexity index is 1010. The van der Waals surface area contributed by atoms with E-state index >= 15 is 0 Å². The number of thiazole rings is 1. The van der Waals surface area contributed by atoms with Crippen molar-refractivity contribution in [1.82, 2.24) is 9.88 Å². The summed E-state index contributed by atoms with van der Waals surface area (Å²) in [7, 11) is 0. The van der Waals surface area contributed by atoms with Crippen LogP contribution in [0.4, 0.5) is 5.13 Å². The number of morpholine rings is 1. The fourth-order valence-electron chi connectivity index (χ4n) is 3.50. The minimum Gasteiger partial charge on any atom is -0.379 e. The fraction of sp³-hybridized carbons (Fsp3) is 0.364. The number of nitrogens with zero attached hydrogens (tertiary/aromatic N) is 3. The van der Waals surface area contributed by atoms with Crippen molar-refractivity contribution in [3.8, 4) is 0 Å². The smallest absolute Gasteiger partial charge is 0.233 e. The number of halogens is 2. The number of ether oxygens (including phenoxy) is 1. The lowest BCUT2D eigenvalue weighted by Gasteiger charge is -2.29. The van der Waals surface area contributed by atoms with Gasteiger partial charge in [0, 0.05) is 31.2 Å². The SMILES string of the molecule is Cc1ccc(Cl)c2sc(N(CCN3CCOCC3)C(=O)Cc3ccccc3Cl)nc12. The van der Waals surface area contributed by atoms with E-state index in [-0.39, 0.29) is 12.3 Å². The number of fused-ring (bicyclic) bond motifs is 1. The highest BCUT2D eigenvalue weighted by molar-refractivity contribution is 7.23. The molecule has 0 atom stereocenters. The van der Waals surface area contributed by atoms with E-state index in [1.807, 2.05) is 43.3 Å². The zero-order valence-corrected chi connectivity index (χ0v) is 19.1. The molecule has 30 heavy (non-hydrogen) atoms. The van der Waals surface area contributed by atoms with Crippen molar-refractivity contribution in [3.05, 3.63) is 57.6 Å². The molecule has 1 fully saturated rings. The second-order valence-corrected chi connectivity index (χ2v) is 9.10. The molecule has 0 saturated carbocycles. The molecular weight excluding hydrogens is 441 g/mol. The molecule has 5 nitrogen and oxygen atoms in total. The van der Waals surface area contributed by atoms with Crippen LogP contribution in [0.25, 0.3) is 10.2 Å². The van der Waals surface area contributed by atoms with Gasteiger partial charge in [0.15, 0.2) is 5.13 Å². The summed E-state index contributed by atoms with van der Waals surface area (Å²) in [6, 6.07) is 11.3. The average Bonchev–Trinajstić information content (AvgIpc) is 3.20. The van der Waals surface area contributed by atoms with Crippen molar-refractivity contribution in [2.45, 2.75) is 13.3 Å². The van der Waals surface area contributed by atoms with Crippen LogP contribution in [0.3, 0.4) is 0 Å². The van der Waals surface area contributed by atoms with Gasteiger partial charge in [0.2, 0.25) is 5.91 Å². The molecule has 2 heterocycles. The molecule has 1 aliphatic heterocycles. The van der Waals surface area contributed by atoms with Crippen LogP contribution in [0.2, 0.25) is 10.0 Å². The molecule has 8 heteroatoms. The lowest BCUT2D eigenvalue weighted by molar-refractivity contribution is -0.118. The van der Waals surface area contributed by atoms with E-state index in [1.54, 1.807) is 4.90 Å². The number of carbonyl (C=O) groups excluding carboxylic acids is 1. The van der Waals surface area contributed by atoms with Crippen LogP contribution in [0.15, 0.2) is 36.4 Å². The van der Waals surface area contributed by atoms with Crippen molar-refractivity contribution in [2.24, 2.45) is 0 Å². The lowest BCUT2D eigenvalue weighted by atomic mass is 10.1. The molecule has 0 unspecified atom stereocenters. The molecule has 3 aromatic rings. The molecule has 1 aliphatic rings. The Balaban J connectivity index is 1.62. The molecule has 0 N–H and O–H groups in total. The van der Waals surface area contributed by atoms with Crippen LogP contribution in [0, 0.1) is 6.92 Å². The number of hydrogen-bond acceptors (Lipinski definition) is 5. The number of hydrogen-bond donors (Lipinski definition) is 0. The normalized spacial score (nSPS) is 14.9. The van der Waals surface area contributed by atoms with E-state index in [1.165, 1.54) is 11.3 Å². The van der Waals surface area contributed by atoms with Gasteiger partial charge in [-0.25, -0.2) is 4.98 Å². The van der Waals surface area contributed by atoms with Gasteiger partial charge in [-0.15, -0.1) is 0 Å². The molecule has 1 aromatic heterocycles. The average molecular weight is 464 g/mol. The minimum atomic E-state index is -0.0239. The number of rotatable bonds is 6. The number of amides is 1. The molecule has 1 saturated heterocycles. The van der Waals surface area contributed by atoms with Gasteiger partial charge in [0.1, 0.15) is 0 Å². The number of aromatic nitrogens is 1. The summed E-state index contributed by atoms with van der Waals surface area (Å²) in [5.74, 6) is -0.0239. The topological polar surface area (TPSA) is 45.7 Å². The van der Waals surface area contributed by atoms with Crippen molar-refractivity contribution < 1.29 is 9.53 Å². The summed E-state index contributed by atoms with van der Waals surface area (Å²) >= 11 is 14.2. The van der Waals surface area contributed by atoms with Crippen LogP contribution < -0.4 is 4.90 Å². The van der Waals surface area contributed by atoms with Gasteiger partial charge in [-0.2, -0.15) is 0 Å². The molecule has 0 spiro atoms. The van der Waals surface area contributed by atoms with Gasteiger partial charge >= 0.3 is 0 Å². The van der Waals surface area contributed by atoms with Gasteiger partial charge in [-0.05, 0) is 30.2 Å². The summed E-state index contributed by atoms with van der Waals surface area (Å²) in [5.41, 5.74) is 2.71. The second-order valence-electron chi connectivity index (χ2n) is 7.31. The number of anilines is 1. The van der Waals surface area contributed by atoms with Crippen LogP contribution in [-0.2, 0) is 16.0 Å². The van der Waals surface area contributed by atoms with E-state index in [4.69, 9.17) is 32.9 Å². The highest BCUT2D eigenvalue weighted by Crippen LogP contribution is 2.36. The zero-order valence-electron chi connectivity index (χ0n) is 16.7. The molecular formula is C22H23Cl2N3O2S. The molecule has 0 aliphatic carbocycles. The van der Waals surface area contributed by atoms with E-state index in [9.17, 15) is 4.79 Å². The van der Waals surface area contributed by atoms with E-state index in [0.717, 1.165) is 54.2 Å². The van der Waals surface area contributed by atoms with Crippen molar-refractivity contribution >= 4 is 55.8 Å². The van der Waals surface area contributed by atoms with Gasteiger partial charge in [-0.3, -0.25) is 14.6 Å². The third kappa shape index (κ3) is 4.79. The Hall–Kier alpha value is -1.70. The van der Waals surface area contributed by atoms with Crippen molar-refractivity contribution in [1.29, 1.82) is 0 Å². The third-order valence-corrected chi connectivity index (χ3v) is 7.17. The summed E-state index contributed by atoms with van der Waals surface area (Å²) < 4.78 is 6.35. The third-order valence-electron chi connectivity index (χ3n) is 5.26. The number of carbonyl (C=O) groups is 1. The Morgan fingerprint density at radius 3 is 2.67 bits per heavy atom. The maximum Gasteiger partial charge on any atom is 0.233 e. The molecule has 0 radical (unpaired) electrons. The summed E-state index contributed by atoms with van der Waals surface area (Å²) in [6.07, 6.45) is 0.228. The first-order chi connectivity index (χ1) is 14.5. The molecule has 158 valence electrons. The summed E-state index contributed by atoms with van der Waals surface area (Å²) in [6.45, 7) is 6.52. The first-order valence-electron chi connectivity index (χ1n) is 9.92. The van der Waals surface area contributed by atoms with Crippen LogP contribution in [-0.4, -0.2) is 55.2 Å². The van der Waals surface area contributed by atoms with Gasteiger partial charge in [0.05, 0.1) is 34.9 Å². The monoisotopic (exact) mass is 463 g/mol. The standard InChI is InChI=1S/C22H23Cl2N3O2S/c1-15-6-7-18(24)21-20(15)25-22(30-21)27(9-8-26-10-12-29-13-11-26)19(28)14-16-4-2-3-5-17(16)23/h2-7H,8-14H2,1H3. The van der Waals surface area contributed by atoms with Crippen LogP contribution >= 0.6 is 34.5 Å². The molecule has 2 aromatic carbocycles. The molecule has 1 amide bonds. The van der Waals surface area contributed by atoms with Gasteiger partial charge < -0.3 is 4.74 Å². The Morgan fingerprint density at radius 2 is 1.93 bits per heavy atom. The van der Waals surface area contributed by atoms with E-state index in [2.05, 4.69) is 4.90 Å². The first-order valence-corrected chi connectivity index (χ1v) is 11.5. The Morgan fingerprint density at radius 1 is 1.17 bits per heavy atom. The van der Waals surface area contributed by atoms with E-state index < -0.39 is 0 Å². The first kappa shape index (κ1) is 21.5. The predicted molar refractivity (Wildman–Crippen MR) is 124 cm³/mol. The number of aryl methyl sites for hydroxylation is 1. The minimum absolute atomic E-state index is 0.0239. The zero-order chi connectivity index (χ0) is 21.1. The largest absolute Gasteiger partial charge is 0.379 e.